The van der Waals surface area contributed by atoms with Gasteiger partial charge in [0.05, 0.1) is 6.04 Å². The topological polar surface area (TPSA) is 12.5 Å². The predicted molar refractivity (Wildman–Crippen MR) is 39.4 cm³/mol. The number of hydroxylamine groups is 2. The first kappa shape index (κ1) is 6.38. The average molecular weight is 139 g/mol. The molecule has 0 aromatic heterocycles. The second kappa shape index (κ2) is 1.83. The fraction of sp³-hybridized carbons (Fsp3) is 0.750. The van der Waals surface area contributed by atoms with E-state index in [0.717, 1.165) is 0 Å². The maximum absolute atomic E-state index is 5.62. The molecule has 0 saturated carbocycles. The number of likely N-dealkylation sites (N-methyl/N-ethyl adjacent to an activating group) is 1. The highest BCUT2D eigenvalue weighted by molar-refractivity contribution is 5.11. The quantitative estimate of drug-likeness (QED) is 0.469. The van der Waals surface area contributed by atoms with Gasteiger partial charge in [-0.05, 0) is 19.8 Å². The molecule has 3 rings (SSSR count). The van der Waals surface area contributed by atoms with Gasteiger partial charge in [0.15, 0.2) is 0 Å². The molecule has 2 heterocycles. The lowest BCUT2D eigenvalue weighted by Crippen LogP contribution is -2.49. The van der Waals surface area contributed by atoms with Crippen molar-refractivity contribution in [3.8, 4) is 0 Å². The van der Waals surface area contributed by atoms with Gasteiger partial charge in [0.25, 0.3) is 0 Å². The Hall–Kier alpha value is -0.340. The molecule has 2 unspecified atom stereocenters. The Balaban J connectivity index is 2.28. The average Bonchev–Trinajstić information content (AvgIpc) is 1.87. The summed E-state index contributed by atoms with van der Waals surface area (Å²) in [5, 5.41) is 1.96. The van der Waals surface area contributed by atoms with E-state index in [1.54, 1.807) is 0 Å². The molecule has 1 saturated heterocycles. The molecule has 2 nitrogen and oxygen atoms in total. The fourth-order valence-electron chi connectivity index (χ4n) is 1.70. The first-order valence-corrected chi connectivity index (χ1v) is 3.81. The largest absolute Gasteiger partial charge is 0.288 e. The van der Waals surface area contributed by atoms with Gasteiger partial charge in [-0.3, -0.25) is 4.84 Å². The van der Waals surface area contributed by atoms with Crippen molar-refractivity contribution in [1.29, 1.82) is 0 Å². The zero-order valence-electron chi connectivity index (χ0n) is 6.50. The molecule has 1 fully saturated rings. The predicted octanol–water partition coefficient (Wildman–Crippen LogP) is 1.34. The van der Waals surface area contributed by atoms with Gasteiger partial charge in [-0.25, -0.2) is 0 Å². The molecule has 0 aromatic rings. The first-order chi connectivity index (χ1) is 4.70. The Morgan fingerprint density at radius 1 is 1.70 bits per heavy atom. The van der Waals surface area contributed by atoms with Gasteiger partial charge in [-0.2, -0.15) is 5.06 Å². The van der Waals surface area contributed by atoms with Crippen LogP contribution in [0.4, 0.5) is 0 Å². The van der Waals surface area contributed by atoms with E-state index < -0.39 is 0 Å². The van der Waals surface area contributed by atoms with Crippen molar-refractivity contribution in [2.24, 2.45) is 0 Å². The van der Waals surface area contributed by atoms with Crippen molar-refractivity contribution in [3.05, 3.63) is 12.2 Å². The highest BCUT2D eigenvalue weighted by atomic mass is 16.7. The lowest BCUT2D eigenvalue weighted by atomic mass is 9.88. The van der Waals surface area contributed by atoms with Crippen LogP contribution < -0.4 is 0 Å². The van der Waals surface area contributed by atoms with Gasteiger partial charge in [-0.1, -0.05) is 12.2 Å². The molecule has 56 valence electrons. The van der Waals surface area contributed by atoms with E-state index in [2.05, 4.69) is 19.1 Å². The summed E-state index contributed by atoms with van der Waals surface area (Å²) in [7, 11) is 2.01. The second-order valence-corrected chi connectivity index (χ2v) is 3.42. The molecule has 0 aromatic carbocycles. The molecule has 0 radical (unpaired) electrons. The Morgan fingerprint density at radius 3 is 2.80 bits per heavy atom. The summed E-state index contributed by atoms with van der Waals surface area (Å²) in [4.78, 5) is 5.62. The van der Waals surface area contributed by atoms with Crippen LogP contribution in [0.2, 0.25) is 0 Å². The minimum Gasteiger partial charge on any atom is -0.288 e. The molecule has 2 aliphatic heterocycles. The number of hydrogen-bond donors (Lipinski definition) is 0. The van der Waals surface area contributed by atoms with Crippen molar-refractivity contribution < 1.29 is 4.84 Å². The van der Waals surface area contributed by atoms with Crippen LogP contribution in [-0.4, -0.2) is 23.8 Å². The second-order valence-electron chi connectivity index (χ2n) is 3.42. The van der Waals surface area contributed by atoms with E-state index in [-0.39, 0.29) is 5.60 Å². The van der Waals surface area contributed by atoms with E-state index in [9.17, 15) is 0 Å². The van der Waals surface area contributed by atoms with Crippen LogP contribution >= 0.6 is 0 Å². The van der Waals surface area contributed by atoms with Gasteiger partial charge < -0.3 is 0 Å². The number of rotatable bonds is 0. The number of nitrogens with zero attached hydrogens (tertiary/aromatic N) is 1. The lowest BCUT2D eigenvalue weighted by Gasteiger charge is -2.44. The van der Waals surface area contributed by atoms with E-state index in [1.165, 1.54) is 12.8 Å². The molecular formula is C8H13NO. The Labute approximate surface area is 61.4 Å². The molecule has 10 heavy (non-hydrogen) atoms. The number of fused-ring (bicyclic) bond motifs is 2. The normalized spacial score (nSPS) is 46.4. The zero-order valence-corrected chi connectivity index (χ0v) is 6.50. The van der Waals surface area contributed by atoms with Gasteiger partial charge in [0.1, 0.15) is 5.60 Å². The minimum atomic E-state index is 0.00347. The molecule has 0 N–H and O–H groups in total. The van der Waals surface area contributed by atoms with Crippen molar-refractivity contribution in [1.82, 2.24) is 5.06 Å². The molecular weight excluding hydrogens is 126 g/mol. The van der Waals surface area contributed by atoms with Crippen LogP contribution in [0, 0.1) is 0 Å². The Kier molecular flexibility index (Phi) is 1.17. The standard InChI is InChI=1S/C8H13NO/c1-8-5-3-7(4-6-8)9(2)10-8/h3,5,7H,4,6H2,1-2H3. The smallest absolute Gasteiger partial charge is 0.105 e. The van der Waals surface area contributed by atoms with Crippen molar-refractivity contribution >= 4 is 0 Å². The van der Waals surface area contributed by atoms with Crippen LogP contribution in [0.5, 0.6) is 0 Å². The van der Waals surface area contributed by atoms with Crippen LogP contribution in [0.3, 0.4) is 0 Å². The van der Waals surface area contributed by atoms with Crippen LogP contribution in [-0.2, 0) is 4.84 Å². The third-order valence-corrected chi connectivity index (χ3v) is 2.43. The van der Waals surface area contributed by atoms with Crippen molar-refractivity contribution in [3.63, 3.8) is 0 Å². The highest BCUT2D eigenvalue weighted by Gasteiger charge is 2.36. The summed E-state index contributed by atoms with van der Waals surface area (Å²) in [6.07, 6.45) is 6.83. The van der Waals surface area contributed by atoms with Gasteiger partial charge >= 0.3 is 0 Å². The highest BCUT2D eigenvalue weighted by Crippen LogP contribution is 2.34. The third-order valence-electron chi connectivity index (χ3n) is 2.43. The molecule has 0 spiro atoms. The monoisotopic (exact) mass is 139 g/mol. The third kappa shape index (κ3) is 0.796. The maximum Gasteiger partial charge on any atom is 0.105 e. The summed E-state index contributed by atoms with van der Waals surface area (Å²) in [5.41, 5.74) is 0.00347. The van der Waals surface area contributed by atoms with Crippen LogP contribution in [0.25, 0.3) is 0 Å². The SMILES string of the molecule is CN1OC2(C)C=CC1CC2. The van der Waals surface area contributed by atoms with Gasteiger partial charge in [0, 0.05) is 7.05 Å². The lowest BCUT2D eigenvalue weighted by molar-refractivity contribution is -0.258. The Bertz CT molecular complexity index is 178. The molecule has 0 amide bonds. The van der Waals surface area contributed by atoms with E-state index in [0.29, 0.717) is 6.04 Å². The van der Waals surface area contributed by atoms with Crippen molar-refractivity contribution in [2.45, 2.75) is 31.4 Å². The summed E-state index contributed by atoms with van der Waals surface area (Å²) in [6.45, 7) is 2.13. The molecule has 2 atom stereocenters. The van der Waals surface area contributed by atoms with Crippen LogP contribution in [0.15, 0.2) is 12.2 Å². The van der Waals surface area contributed by atoms with E-state index in [1.807, 2.05) is 12.1 Å². The summed E-state index contributed by atoms with van der Waals surface area (Å²) < 4.78 is 0. The maximum atomic E-state index is 5.62. The summed E-state index contributed by atoms with van der Waals surface area (Å²) >= 11 is 0. The van der Waals surface area contributed by atoms with Gasteiger partial charge in [-0.15, -0.1) is 0 Å². The molecule has 3 aliphatic rings. The van der Waals surface area contributed by atoms with Crippen molar-refractivity contribution in [2.75, 3.05) is 7.05 Å². The molecule has 2 bridgehead atoms. The molecule has 1 aliphatic carbocycles. The van der Waals surface area contributed by atoms with E-state index >= 15 is 0 Å². The Morgan fingerprint density at radius 2 is 2.50 bits per heavy atom. The zero-order chi connectivity index (χ0) is 7.19. The number of hydrogen-bond acceptors (Lipinski definition) is 2. The van der Waals surface area contributed by atoms with Gasteiger partial charge in [0.2, 0.25) is 0 Å². The molecule has 2 heteroatoms. The first-order valence-electron chi connectivity index (χ1n) is 3.81. The fourth-order valence-corrected chi connectivity index (χ4v) is 1.70. The minimum absolute atomic E-state index is 0.00347. The summed E-state index contributed by atoms with van der Waals surface area (Å²) in [5.74, 6) is 0. The van der Waals surface area contributed by atoms with Crippen LogP contribution in [0.1, 0.15) is 19.8 Å². The van der Waals surface area contributed by atoms with E-state index in [4.69, 9.17) is 4.84 Å². The summed E-state index contributed by atoms with van der Waals surface area (Å²) in [6, 6.07) is 0.529.